The SMILES string of the molecule is CCCC(CCO)CNC(=O)CCC(C)OC. The van der Waals surface area contributed by atoms with Crippen molar-refractivity contribution in [3.8, 4) is 0 Å². The van der Waals surface area contributed by atoms with Gasteiger partial charge in [-0.15, -0.1) is 0 Å². The lowest BCUT2D eigenvalue weighted by molar-refractivity contribution is -0.121. The molecule has 2 atom stereocenters. The van der Waals surface area contributed by atoms with Crippen LogP contribution in [0, 0.1) is 5.92 Å². The predicted octanol–water partition coefficient (Wildman–Crippen LogP) is 1.72. The summed E-state index contributed by atoms with van der Waals surface area (Å²) >= 11 is 0. The van der Waals surface area contributed by atoms with Gasteiger partial charge in [0.15, 0.2) is 0 Å². The van der Waals surface area contributed by atoms with Gasteiger partial charge in [0.2, 0.25) is 5.91 Å². The summed E-state index contributed by atoms with van der Waals surface area (Å²) < 4.78 is 5.09. The molecule has 0 aromatic carbocycles. The zero-order valence-corrected chi connectivity index (χ0v) is 11.4. The van der Waals surface area contributed by atoms with Gasteiger partial charge in [-0.2, -0.15) is 0 Å². The van der Waals surface area contributed by atoms with Gasteiger partial charge >= 0.3 is 0 Å². The third-order valence-corrected chi connectivity index (χ3v) is 3.00. The number of rotatable bonds is 10. The van der Waals surface area contributed by atoms with Crippen molar-refractivity contribution in [2.24, 2.45) is 5.92 Å². The van der Waals surface area contributed by atoms with E-state index in [0.717, 1.165) is 25.7 Å². The maximum absolute atomic E-state index is 11.5. The summed E-state index contributed by atoms with van der Waals surface area (Å²) in [6.45, 7) is 4.95. The summed E-state index contributed by atoms with van der Waals surface area (Å²) in [5.41, 5.74) is 0. The molecule has 4 heteroatoms. The molecule has 0 aliphatic rings. The first kappa shape index (κ1) is 16.4. The molecule has 0 bridgehead atoms. The molecule has 0 aliphatic heterocycles. The highest BCUT2D eigenvalue weighted by atomic mass is 16.5. The monoisotopic (exact) mass is 245 g/mol. The van der Waals surface area contributed by atoms with E-state index in [1.54, 1.807) is 7.11 Å². The Morgan fingerprint density at radius 2 is 2.06 bits per heavy atom. The second-order valence-electron chi connectivity index (χ2n) is 4.56. The smallest absolute Gasteiger partial charge is 0.220 e. The summed E-state index contributed by atoms with van der Waals surface area (Å²) in [6, 6.07) is 0. The van der Waals surface area contributed by atoms with Gasteiger partial charge in [-0.25, -0.2) is 0 Å². The summed E-state index contributed by atoms with van der Waals surface area (Å²) in [5.74, 6) is 0.474. The van der Waals surface area contributed by atoms with Gasteiger partial charge < -0.3 is 15.2 Å². The van der Waals surface area contributed by atoms with Crippen molar-refractivity contribution in [2.75, 3.05) is 20.3 Å². The van der Waals surface area contributed by atoms with Crippen LogP contribution in [-0.2, 0) is 9.53 Å². The summed E-state index contributed by atoms with van der Waals surface area (Å²) in [6.07, 6.45) is 4.29. The van der Waals surface area contributed by atoms with Crippen LogP contribution in [0.5, 0.6) is 0 Å². The zero-order valence-electron chi connectivity index (χ0n) is 11.4. The Morgan fingerprint density at radius 3 is 2.59 bits per heavy atom. The molecule has 1 amide bonds. The fraction of sp³-hybridized carbons (Fsp3) is 0.923. The quantitative estimate of drug-likeness (QED) is 0.616. The molecule has 0 heterocycles. The second-order valence-corrected chi connectivity index (χ2v) is 4.56. The lowest BCUT2D eigenvalue weighted by Crippen LogP contribution is -2.30. The number of carbonyl (C=O) groups is 1. The average molecular weight is 245 g/mol. The first-order valence-corrected chi connectivity index (χ1v) is 6.54. The van der Waals surface area contributed by atoms with E-state index in [0.29, 0.717) is 18.9 Å². The van der Waals surface area contributed by atoms with Crippen LogP contribution in [0.15, 0.2) is 0 Å². The maximum atomic E-state index is 11.5. The molecule has 0 rings (SSSR count). The highest BCUT2D eigenvalue weighted by Gasteiger charge is 2.10. The van der Waals surface area contributed by atoms with Crippen LogP contribution in [0.1, 0.15) is 46.0 Å². The van der Waals surface area contributed by atoms with Crippen LogP contribution in [0.2, 0.25) is 0 Å². The maximum Gasteiger partial charge on any atom is 0.220 e. The molecular weight excluding hydrogens is 218 g/mol. The van der Waals surface area contributed by atoms with Crippen LogP contribution in [0.3, 0.4) is 0 Å². The minimum atomic E-state index is 0.0768. The lowest BCUT2D eigenvalue weighted by Gasteiger charge is -2.16. The van der Waals surface area contributed by atoms with E-state index in [2.05, 4.69) is 12.2 Å². The Morgan fingerprint density at radius 1 is 1.35 bits per heavy atom. The zero-order chi connectivity index (χ0) is 13.1. The van der Waals surface area contributed by atoms with Crippen molar-refractivity contribution in [3.05, 3.63) is 0 Å². The Kier molecular flexibility index (Phi) is 10.2. The van der Waals surface area contributed by atoms with Gasteiger partial charge in [-0.05, 0) is 32.1 Å². The Hall–Kier alpha value is -0.610. The highest BCUT2D eigenvalue weighted by Crippen LogP contribution is 2.09. The third-order valence-electron chi connectivity index (χ3n) is 3.00. The summed E-state index contributed by atoms with van der Waals surface area (Å²) in [5, 5.41) is 11.8. The van der Waals surface area contributed by atoms with E-state index >= 15 is 0 Å². The van der Waals surface area contributed by atoms with E-state index in [1.165, 1.54) is 0 Å². The number of hydrogen-bond acceptors (Lipinski definition) is 3. The number of carbonyl (C=O) groups excluding carboxylic acids is 1. The number of aliphatic hydroxyl groups excluding tert-OH is 1. The largest absolute Gasteiger partial charge is 0.396 e. The van der Waals surface area contributed by atoms with E-state index < -0.39 is 0 Å². The number of methoxy groups -OCH3 is 1. The molecule has 0 spiro atoms. The molecule has 4 nitrogen and oxygen atoms in total. The van der Waals surface area contributed by atoms with Crippen molar-refractivity contribution < 1.29 is 14.6 Å². The Balaban J connectivity index is 3.71. The Labute approximate surface area is 105 Å². The first-order chi connectivity index (χ1) is 8.13. The van der Waals surface area contributed by atoms with Crippen molar-refractivity contribution in [1.29, 1.82) is 0 Å². The third kappa shape index (κ3) is 9.12. The molecule has 102 valence electrons. The predicted molar refractivity (Wildman–Crippen MR) is 68.8 cm³/mol. The van der Waals surface area contributed by atoms with Gasteiger partial charge in [0, 0.05) is 26.7 Å². The number of nitrogens with one attached hydrogen (secondary N) is 1. The fourth-order valence-corrected chi connectivity index (χ4v) is 1.74. The van der Waals surface area contributed by atoms with Crippen molar-refractivity contribution in [3.63, 3.8) is 0 Å². The molecule has 0 saturated carbocycles. The van der Waals surface area contributed by atoms with E-state index in [9.17, 15) is 4.79 Å². The minimum absolute atomic E-state index is 0.0768. The van der Waals surface area contributed by atoms with Gasteiger partial charge in [-0.1, -0.05) is 13.3 Å². The van der Waals surface area contributed by atoms with Crippen LogP contribution >= 0.6 is 0 Å². The van der Waals surface area contributed by atoms with Gasteiger partial charge in [-0.3, -0.25) is 4.79 Å². The molecule has 0 aromatic heterocycles. The topological polar surface area (TPSA) is 58.6 Å². The number of ether oxygens (including phenoxy) is 1. The normalized spacial score (nSPS) is 14.4. The number of hydrogen-bond donors (Lipinski definition) is 2. The highest BCUT2D eigenvalue weighted by molar-refractivity contribution is 5.75. The molecule has 2 N–H and O–H groups in total. The number of amides is 1. The van der Waals surface area contributed by atoms with E-state index in [1.807, 2.05) is 6.92 Å². The Bertz CT molecular complexity index is 191. The van der Waals surface area contributed by atoms with Crippen LogP contribution in [0.25, 0.3) is 0 Å². The average Bonchev–Trinajstić information content (AvgIpc) is 2.33. The van der Waals surface area contributed by atoms with Gasteiger partial charge in [0.25, 0.3) is 0 Å². The van der Waals surface area contributed by atoms with Crippen molar-refractivity contribution in [2.45, 2.75) is 52.1 Å². The van der Waals surface area contributed by atoms with Crippen molar-refractivity contribution in [1.82, 2.24) is 5.32 Å². The molecule has 2 unspecified atom stereocenters. The standard InChI is InChI=1S/C13H27NO3/c1-4-5-12(8-9-15)10-14-13(16)7-6-11(2)17-3/h11-12,15H,4-10H2,1-3H3,(H,14,16). The van der Waals surface area contributed by atoms with Gasteiger partial charge in [0.1, 0.15) is 0 Å². The van der Waals surface area contributed by atoms with Crippen molar-refractivity contribution >= 4 is 5.91 Å². The first-order valence-electron chi connectivity index (χ1n) is 6.54. The summed E-state index contributed by atoms with van der Waals surface area (Å²) in [4.78, 5) is 11.5. The van der Waals surface area contributed by atoms with Gasteiger partial charge in [0.05, 0.1) is 6.10 Å². The fourth-order valence-electron chi connectivity index (χ4n) is 1.74. The molecule has 0 aliphatic carbocycles. The minimum Gasteiger partial charge on any atom is -0.396 e. The molecular formula is C13H27NO3. The van der Waals surface area contributed by atoms with E-state index in [-0.39, 0.29) is 18.6 Å². The molecule has 0 radical (unpaired) electrons. The summed E-state index contributed by atoms with van der Waals surface area (Å²) in [7, 11) is 1.65. The molecule has 17 heavy (non-hydrogen) atoms. The number of aliphatic hydroxyl groups is 1. The lowest BCUT2D eigenvalue weighted by atomic mass is 10.0. The molecule has 0 aromatic rings. The van der Waals surface area contributed by atoms with Crippen LogP contribution in [-0.4, -0.2) is 37.4 Å². The van der Waals surface area contributed by atoms with E-state index in [4.69, 9.17) is 9.84 Å². The van der Waals surface area contributed by atoms with Crippen LogP contribution in [0.4, 0.5) is 0 Å². The second kappa shape index (κ2) is 10.5. The molecule has 0 saturated heterocycles. The van der Waals surface area contributed by atoms with Crippen LogP contribution < -0.4 is 5.32 Å². The molecule has 0 fully saturated rings.